The highest BCUT2D eigenvalue weighted by Crippen LogP contribution is 2.31. The Bertz CT molecular complexity index is 1460. The van der Waals surface area contributed by atoms with Crippen molar-refractivity contribution in [2.75, 3.05) is 5.43 Å². The van der Waals surface area contributed by atoms with Crippen LogP contribution in [0.15, 0.2) is 47.1 Å². The Balaban J connectivity index is 1.83. The normalized spacial score (nSPS) is 14.4. The number of nitro benzene ring substituents is 2. The molecule has 1 aliphatic rings. The standard InChI is InChI=1S/C20H13N7O5/c1-10-3-6-16-15(7-10)22-19-13(9-21)11(2)18(20(28)25(16)19)24-23-14-5-4-12(26(29)30)8-17(14)27(31)32/h3-8,23H,1-2H3. The van der Waals surface area contributed by atoms with E-state index >= 15 is 0 Å². The third-order valence-corrected chi connectivity index (χ3v) is 4.96. The van der Waals surface area contributed by atoms with E-state index in [2.05, 4.69) is 15.5 Å². The quantitative estimate of drug-likeness (QED) is 0.482. The molecule has 1 aliphatic heterocycles. The van der Waals surface area contributed by atoms with Gasteiger partial charge in [-0.3, -0.25) is 35.0 Å². The Morgan fingerprint density at radius 1 is 1.12 bits per heavy atom. The second kappa shape index (κ2) is 7.40. The minimum atomic E-state index is -0.800. The molecule has 1 aromatic heterocycles. The van der Waals surface area contributed by atoms with Gasteiger partial charge in [0.2, 0.25) is 0 Å². The summed E-state index contributed by atoms with van der Waals surface area (Å²) in [5.41, 5.74) is 3.45. The van der Waals surface area contributed by atoms with Gasteiger partial charge in [-0.15, -0.1) is 0 Å². The minimum absolute atomic E-state index is 0.136. The van der Waals surface area contributed by atoms with Crippen molar-refractivity contribution in [2.24, 2.45) is 5.10 Å². The fraction of sp³-hybridized carbons (Fsp3) is 0.100. The second-order valence-corrected chi connectivity index (χ2v) is 6.97. The van der Waals surface area contributed by atoms with Crippen LogP contribution in [-0.4, -0.2) is 31.0 Å². The van der Waals surface area contributed by atoms with Crippen LogP contribution in [0.4, 0.5) is 17.1 Å². The number of non-ortho nitro benzene ring substituents is 1. The van der Waals surface area contributed by atoms with Crippen molar-refractivity contribution >= 4 is 45.3 Å². The maximum Gasteiger partial charge on any atom is 0.301 e. The Hall–Kier alpha value is -4.92. The molecular weight excluding hydrogens is 418 g/mol. The highest BCUT2D eigenvalue weighted by molar-refractivity contribution is 6.49. The molecule has 12 heteroatoms. The molecule has 0 unspecified atom stereocenters. The lowest BCUT2D eigenvalue weighted by atomic mass is 10.0. The van der Waals surface area contributed by atoms with E-state index in [0.717, 1.165) is 23.8 Å². The van der Waals surface area contributed by atoms with Crippen molar-refractivity contribution in [3.8, 4) is 6.07 Å². The number of fused-ring (bicyclic) bond motifs is 3. The summed E-state index contributed by atoms with van der Waals surface area (Å²) in [5.74, 6) is -0.379. The Labute approximate surface area is 179 Å². The summed E-state index contributed by atoms with van der Waals surface area (Å²) >= 11 is 0. The first-order valence-electron chi connectivity index (χ1n) is 9.15. The monoisotopic (exact) mass is 431 g/mol. The summed E-state index contributed by atoms with van der Waals surface area (Å²) in [6, 6.07) is 10.3. The first kappa shape index (κ1) is 20.4. The van der Waals surface area contributed by atoms with Crippen LogP contribution in [0, 0.1) is 38.5 Å². The molecule has 3 aromatic rings. The fourth-order valence-corrected chi connectivity index (χ4v) is 3.38. The number of hydrazone groups is 1. The van der Waals surface area contributed by atoms with Gasteiger partial charge < -0.3 is 0 Å². The summed E-state index contributed by atoms with van der Waals surface area (Å²) in [6.07, 6.45) is 0. The molecule has 12 nitrogen and oxygen atoms in total. The van der Waals surface area contributed by atoms with Gasteiger partial charge in [-0.1, -0.05) is 6.07 Å². The number of nitrogens with zero attached hydrogens (tertiary/aromatic N) is 6. The number of nitro groups is 2. The van der Waals surface area contributed by atoms with Crippen LogP contribution >= 0.6 is 0 Å². The fourth-order valence-electron chi connectivity index (χ4n) is 3.38. The van der Waals surface area contributed by atoms with E-state index in [4.69, 9.17) is 0 Å². The predicted octanol–water partition coefficient (Wildman–Crippen LogP) is 3.58. The van der Waals surface area contributed by atoms with E-state index in [0.29, 0.717) is 11.0 Å². The van der Waals surface area contributed by atoms with Gasteiger partial charge in [0.15, 0.2) is 11.5 Å². The van der Waals surface area contributed by atoms with Crippen molar-refractivity contribution in [2.45, 2.75) is 13.8 Å². The average molecular weight is 431 g/mol. The molecule has 0 aliphatic carbocycles. The lowest BCUT2D eigenvalue weighted by molar-refractivity contribution is -0.393. The number of hydrogen-bond acceptors (Lipinski definition) is 9. The molecule has 0 saturated heterocycles. The zero-order valence-corrected chi connectivity index (χ0v) is 16.7. The zero-order valence-electron chi connectivity index (χ0n) is 16.7. The molecule has 4 rings (SSSR count). The summed E-state index contributed by atoms with van der Waals surface area (Å²) < 4.78 is 1.27. The minimum Gasteiger partial charge on any atom is -0.271 e. The highest BCUT2D eigenvalue weighted by atomic mass is 16.6. The topological polar surface area (TPSA) is 169 Å². The molecular formula is C20H13N7O5. The first-order valence-corrected chi connectivity index (χ1v) is 9.15. The maximum absolute atomic E-state index is 13.2. The number of imidazole rings is 1. The number of benzene rings is 2. The van der Waals surface area contributed by atoms with Gasteiger partial charge in [0.1, 0.15) is 17.3 Å². The Morgan fingerprint density at radius 2 is 1.88 bits per heavy atom. The van der Waals surface area contributed by atoms with E-state index in [1.54, 1.807) is 18.2 Å². The van der Waals surface area contributed by atoms with Crippen LogP contribution in [0.1, 0.15) is 23.1 Å². The molecule has 0 bridgehead atoms. The van der Waals surface area contributed by atoms with Gasteiger partial charge in [-0.25, -0.2) is 4.98 Å². The van der Waals surface area contributed by atoms with Gasteiger partial charge in [0.05, 0.1) is 26.9 Å². The van der Waals surface area contributed by atoms with Gasteiger partial charge in [-0.05, 0) is 37.6 Å². The molecule has 2 heterocycles. The maximum atomic E-state index is 13.2. The Morgan fingerprint density at radius 3 is 2.53 bits per heavy atom. The molecule has 0 amide bonds. The number of carbonyl (C=O) groups excluding carboxylic acids is 1. The lowest BCUT2D eigenvalue weighted by Gasteiger charge is -2.17. The summed E-state index contributed by atoms with van der Waals surface area (Å²) in [6.45, 7) is 3.40. The molecule has 0 atom stereocenters. The Kier molecular flexibility index (Phi) is 4.71. The molecule has 158 valence electrons. The lowest BCUT2D eigenvalue weighted by Crippen LogP contribution is -2.30. The van der Waals surface area contributed by atoms with Gasteiger partial charge in [0.25, 0.3) is 11.6 Å². The average Bonchev–Trinajstić information content (AvgIpc) is 3.12. The number of rotatable bonds is 4. The summed E-state index contributed by atoms with van der Waals surface area (Å²) in [5, 5.41) is 35.9. The van der Waals surface area contributed by atoms with Crippen LogP contribution in [0.3, 0.4) is 0 Å². The molecule has 2 aromatic carbocycles. The van der Waals surface area contributed by atoms with E-state index < -0.39 is 27.1 Å². The van der Waals surface area contributed by atoms with E-state index in [1.165, 1.54) is 11.5 Å². The van der Waals surface area contributed by atoms with E-state index in [1.807, 2.05) is 13.0 Å². The van der Waals surface area contributed by atoms with Gasteiger partial charge in [-0.2, -0.15) is 10.4 Å². The van der Waals surface area contributed by atoms with E-state index in [-0.39, 0.29) is 28.4 Å². The number of carbonyl (C=O) groups is 1. The number of hydrogen-bond donors (Lipinski definition) is 1. The van der Waals surface area contributed by atoms with Crippen molar-refractivity contribution in [3.63, 3.8) is 0 Å². The van der Waals surface area contributed by atoms with Crippen LogP contribution in [0.5, 0.6) is 0 Å². The molecule has 32 heavy (non-hydrogen) atoms. The van der Waals surface area contributed by atoms with Crippen molar-refractivity contribution in [3.05, 3.63) is 73.6 Å². The highest BCUT2D eigenvalue weighted by Gasteiger charge is 2.32. The smallest absolute Gasteiger partial charge is 0.271 e. The number of allylic oxidation sites excluding steroid dienone is 2. The number of nitrogens with one attached hydrogen (secondary N) is 1. The molecule has 0 spiro atoms. The number of nitriles is 1. The van der Waals surface area contributed by atoms with Crippen LogP contribution in [0.2, 0.25) is 0 Å². The molecule has 0 fully saturated rings. The van der Waals surface area contributed by atoms with Gasteiger partial charge >= 0.3 is 5.69 Å². The van der Waals surface area contributed by atoms with Crippen LogP contribution in [0.25, 0.3) is 16.6 Å². The van der Waals surface area contributed by atoms with Crippen molar-refractivity contribution in [1.82, 2.24) is 9.55 Å². The number of aryl methyl sites for hydroxylation is 1. The SMILES string of the molecule is CC1=C(C#N)c2nc3cc(C)ccc3n2C(=O)C1=NNc1ccc([N+](=O)[O-])cc1[N+](=O)[O-]. The van der Waals surface area contributed by atoms with Crippen LogP contribution in [-0.2, 0) is 0 Å². The second-order valence-electron chi connectivity index (χ2n) is 6.97. The predicted molar refractivity (Wildman–Crippen MR) is 114 cm³/mol. The third-order valence-electron chi connectivity index (χ3n) is 4.96. The first-order chi connectivity index (χ1) is 15.2. The molecule has 0 saturated carbocycles. The zero-order chi connectivity index (χ0) is 23.2. The summed E-state index contributed by atoms with van der Waals surface area (Å²) in [7, 11) is 0. The number of anilines is 1. The van der Waals surface area contributed by atoms with Crippen LogP contribution < -0.4 is 5.43 Å². The van der Waals surface area contributed by atoms with E-state index in [9.17, 15) is 30.3 Å². The number of aromatic nitrogens is 2. The van der Waals surface area contributed by atoms with Crippen molar-refractivity contribution < 1.29 is 14.6 Å². The summed E-state index contributed by atoms with van der Waals surface area (Å²) in [4.78, 5) is 38.3. The molecule has 1 N–H and O–H groups in total. The molecule has 0 radical (unpaired) electrons. The largest absolute Gasteiger partial charge is 0.301 e. The van der Waals surface area contributed by atoms with Gasteiger partial charge in [0, 0.05) is 11.6 Å². The third kappa shape index (κ3) is 3.14. The van der Waals surface area contributed by atoms with Crippen molar-refractivity contribution in [1.29, 1.82) is 5.26 Å².